The standard InChI is InChI=1S/C16H16ClN3O3/c1-20(2)14-9-11(8-13(17)19-14)15(21)18-12-6-4-10(5-7-12)16(22)23-3/h4-9H,1-3H3,(H,18,21). The average molecular weight is 334 g/mol. The molecule has 1 aromatic heterocycles. The summed E-state index contributed by atoms with van der Waals surface area (Å²) in [6.45, 7) is 0. The summed E-state index contributed by atoms with van der Waals surface area (Å²) in [6.07, 6.45) is 0. The summed E-state index contributed by atoms with van der Waals surface area (Å²) in [5.41, 5.74) is 1.36. The minimum absolute atomic E-state index is 0.238. The van der Waals surface area contributed by atoms with Gasteiger partial charge in [-0.25, -0.2) is 9.78 Å². The fourth-order valence-electron chi connectivity index (χ4n) is 1.85. The molecule has 1 amide bonds. The molecule has 2 rings (SSSR count). The van der Waals surface area contributed by atoms with Crippen molar-refractivity contribution in [2.24, 2.45) is 0 Å². The minimum atomic E-state index is -0.431. The second-order valence-corrected chi connectivity index (χ2v) is 5.34. The summed E-state index contributed by atoms with van der Waals surface area (Å²) in [4.78, 5) is 29.6. The van der Waals surface area contributed by atoms with Crippen molar-refractivity contribution in [3.63, 3.8) is 0 Å². The Morgan fingerprint density at radius 3 is 2.35 bits per heavy atom. The summed E-state index contributed by atoms with van der Waals surface area (Å²) >= 11 is 5.94. The van der Waals surface area contributed by atoms with Gasteiger partial charge < -0.3 is 15.0 Å². The first kappa shape index (κ1) is 16.8. The van der Waals surface area contributed by atoms with Gasteiger partial charge in [-0.1, -0.05) is 11.6 Å². The van der Waals surface area contributed by atoms with Crippen molar-refractivity contribution in [2.75, 3.05) is 31.4 Å². The Morgan fingerprint density at radius 1 is 1.13 bits per heavy atom. The number of hydrogen-bond donors (Lipinski definition) is 1. The Labute approximate surface area is 139 Å². The molecule has 6 nitrogen and oxygen atoms in total. The zero-order valence-electron chi connectivity index (χ0n) is 13.0. The maximum absolute atomic E-state index is 12.3. The number of pyridine rings is 1. The molecule has 0 aliphatic carbocycles. The van der Waals surface area contributed by atoms with Gasteiger partial charge in [0, 0.05) is 25.3 Å². The predicted octanol–water partition coefficient (Wildman–Crippen LogP) is 2.84. The molecule has 23 heavy (non-hydrogen) atoms. The summed E-state index contributed by atoms with van der Waals surface area (Å²) in [5, 5.41) is 2.98. The van der Waals surface area contributed by atoms with E-state index in [0.717, 1.165) is 0 Å². The molecule has 0 aliphatic heterocycles. The SMILES string of the molecule is COC(=O)c1ccc(NC(=O)c2cc(Cl)nc(N(C)C)c2)cc1. The van der Waals surface area contributed by atoms with Crippen LogP contribution in [0.1, 0.15) is 20.7 Å². The smallest absolute Gasteiger partial charge is 0.337 e. The van der Waals surface area contributed by atoms with Crippen LogP contribution in [-0.4, -0.2) is 38.1 Å². The Hall–Kier alpha value is -2.60. The first-order valence-electron chi connectivity index (χ1n) is 6.75. The molecule has 0 unspecified atom stereocenters. The van der Waals surface area contributed by atoms with Gasteiger partial charge in [0.1, 0.15) is 11.0 Å². The summed E-state index contributed by atoms with van der Waals surface area (Å²) in [7, 11) is 4.94. The van der Waals surface area contributed by atoms with Crippen molar-refractivity contribution in [2.45, 2.75) is 0 Å². The zero-order chi connectivity index (χ0) is 17.0. The molecular weight excluding hydrogens is 318 g/mol. The van der Waals surface area contributed by atoms with Crippen molar-refractivity contribution in [1.29, 1.82) is 0 Å². The number of carbonyl (C=O) groups is 2. The number of nitrogens with zero attached hydrogens (tertiary/aromatic N) is 2. The van der Waals surface area contributed by atoms with Crippen LogP contribution in [0.15, 0.2) is 36.4 Å². The second kappa shape index (κ2) is 7.11. The zero-order valence-corrected chi connectivity index (χ0v) is 13.7. The van der Waals surface area contributed by atoms with E-state index >= 15 is 0 Å². The lowest BCUT2D eigenvalue weighted by molar-refractivity contribution is 0.0600. The van der Waals surface area contributed by atoms with Crippen LogP contribution >= 0.6 is 11.6 Å². The van der Waals surface area contributed by atoms with Gasteiger partial charge in [0.25, 0.3) is 5.91 Å². The van der Waals surface area contributed by atoms with E-state index in [1.54, 1.807) is 35.2 Å². The van der Waals surface area contributed by atoms with Gasteiger partial charge in [0.05, 0.1) is 12.7 Å². The molecule has 120 valence electrons. The largest absolute Gasteiger partial charge is 0.465 e. The highest BCUT2D eigenvalue weighted by Gasteiger charge is 2.11. The maximum atomic E-state index is 12.3. The lowest BCUT2D eigenvalue weighted by Crippen LogP contribution is -2.15. The number of methoxy groups -OCH3 is 1. The van der Waals surface area contributed by atoms with E-state index in [4.69, 9.17) is 11.6 Å². The fourth-order valence-corrected chi connectivity index (χ4v) is 2.06. The Balaban J connectivity index is 2.17. The van der Waals surface area contributed by atoms with Gasteiger partial charge in [-0.15, -0.1) is 0 Å². The van der Waals surface area contributed by atoms with Gasteiger partial charge in [-0.3, -0.25) is 4.79 Å². The third-order valence-corrected chi connectivity index (χ3v) is 3.26. The topological polar surface area (TPSA) is 71.5 Å². The van der Waals surface area contributed by atoms with E-state index in [2.05, 4.69) is 15.0 Å². The molecule has 1 aromatic carbocycles. The number of esters is 1. The maximum Gasteiger partial charge on any atom is 0.337 e. The third-order valence-electron chi connectivity index (χ3n) is 3.06. The number of rotatable bonds is 4. The quantitative estimate of drug-likeness (QED) is 0.688. The van der Waals surface area contributed by atoms with Crippen molar-refractivity contribution < 1.29 is 14.3 Å². The Bertz CT molecular complexity index is 730. The molecule has 1 heterocycles. The lowest BCUT2D eigenvalue weighted by Gasteiger charge is -2.13. The molecule has 0 spiro atoms. The van der Waals surface area contributed by atoms with Gasteiger partial charge in [-0.05, 0) is 36.4 Å². The molecule has 0 bridgehead atoms. The van der Waals surface area contributed by atoms with E-state index < -0.39 is 5.97 Å². The molecule has 0 saturated heterocycles. The number of nitrogens with one attached hydrogen (secondary N) is 1. The number of carbonyl (C=O) groups excluding carboxylic acids is 2. The number of aromatic nitrogens is 1. The van der Waals surface area contributed by atoms with E-state index in [9.17, 15) is 9.59 Å². The molecule has 0 radical (unpaired) electrons. The van der Waals surface area contributed by atoms with Crippen molar-refractivity contribution in [3.8, 4) is 0 Å². The van der Waals surface area contributed by atoms with Crippen LogP contribution in [0.4, 0.5) is 11.5 Å². The van der Waals surface area contributed by atoms with Crippen LogP contribution < -0.4 is 10.2 Å². The molecule has 0 atom stereocenters. The van der Waals surface area contributed by atoms with Crippen LogP contribution in [0.2, 0.25) is 5.15 Å². The number of benzene rings is 1. The van der Waals surface area contributed by atoms with Crippen LogP contribution in [0.25, 0.3) is 0 Å². The predicted molar refractivity (Wildman–Crippen MR) is 89.3 cm³/mol. The first-order chi connectivity index (χ1) is 10.9. The van der Waals surface area contributed by atoms with Gasteiger partial charge in [-0.2, -0.15) is 0 Å². The van der Waals surface area contributed by atoms with Gasteiger partial charge in [0.2, 0.25) is 0 Å². The highest BCUT2D eigenvalue weighted by Crippen LogP contribution is 2.18. The van der Waals surface area contributed by atoms with Gasteiger partial charge >= 0.3 is 5.97 Å². The number of anilines is 2. The second-order valence-electron chi connectivity index (χ2n) is 4.95. The summed E-state index contributed by atoms with van der Waals surface area (Å²) < 4.78 is 4.62. The highest BCUT2D eigenvalue weighted by molar-refractivity contribution is 6.30. The summed E-state index contributed by atoms with van der Waals surface area (Å²) in [5.74, 6) is -0.161. The Kier molecular flexibility index (Phi) is 5.18. The highest BCUT2D eigenvalue weighted by atomic mass is 35.5. The number of amides is 1. The molecule has 2 aromatic rings. The molecule has 1 N–H and O–H groups in total. The monoisotopic (exact) mass is 333 g/mol. The molecule has 0 fully saturated rings. The van der Waals surface area contributed by atoms with Gasteiger partial charge in [0.15, 0.2) is 0 Å². The lowest BCUT2D eigenvalue weighted by atomic mass is 10.2. The normalized spacial score (nSPS) is 10.1. The first-order valence-corrected chi connectivity index (χ1v) is 7.13. The summed E-state index contributed by atoms with van der Waals surface area (Å²) in [6, 6.07) is 9.54. The number of hydrogen-bond acceptors (Lipinski definition) is 5. The van der Waals surface area contributed by atoms with Crippen LogP contribution in [0, 0.1) is 0 Å². The van der Waals surface area contributed by atoms with Crippen molar-refractivity contribution >= 4 is 35.0 Å². The van der Waals surface area contributed by atoms with E-state index in [1.165, 1.54) is 13.2 Å². The molecule has 0 aliphatic rings. The fraction of sp³-hybridized carbons (Fsp3) is 0.188. The van der Waals surface area contributed by atoms with Crippen LogP contribution in [0.5, 0.6) is 0 Å². The molecule has 0 saturated carbocycles. The molecule has 7 heteroatoms. The third kappa shape index (κ3) is 4.20. The minimum Gasteiger partial charge on any atom is -0.465 e. The molecular formula is C16H16ClN3O3. The number of ether oxygens (including phenoxy) is 1. The average Bonchev–Trinajstić information content (AvgIpc) is 2.54. The van der Waals surface area contributed by atoms with E-state index in [-0.39, 0.29) is 11.1 Å². The van der Waals surface area contributed by atoms with Crippen LogP contribution in [-0.2, 0) is 4.74 Å². The Morgan fingerprint density at radius 2 is 1.78 bits per heavy atom. The van der Waals surface area contributed by atoms with Crippen molar-refractivity contribution in [3.05, 3.63) is 52.7 Å². The van der Waals surface area contributed by atoms with Crippen LogP contribution in [0.3, 0.4) is 0 Å². The number of halogens is 1. The van der Waals surface area contributed by atoms with E-state index in [1.807, 2.05) is 14.1 Å². The van der Waals surface area contributed by atoms with Crippen molar-refractivity contribution in [1.82, 2.24) is 4.98 Å². The van der Waals surface area contributed by atoms with E-state index in [0.29, 0.717) is 22.6 Å².